The van der Waals surface area contributed by atoms with Crippen LogP contribution in [0.2, 0.25) is 0 Å². The maximum Gasteiger partial charge on any atom is 0.230 e. The van der Waals surface area contributed by atoms with Crippen molar-refractivity contribution in [1.82, 2.24) is 15.1 Å². The summed E-state index contributed by atoms with van der Waals surface area (Å²) in [5.41, 5.74) is -0.180. The molecular formula is C16H33N3O2. The van der Waals surface area contributed by atoms with Gasteiger partial charge < -0.3 is 19.9 Å². The van der Waals surface area contributed by atoms with Crippen molar-refractivity contribution in [2.75, 3.05) is 60.5 Å². The van der Waals surface area contributed by atoms with Gasteiger partial charge in [-0.1, -0.05) is 13.3 Å². The zero-order chi connectivity index (χ0) is 15.7. The Bertz CT molecular complexity index is 302. The minimum Gasteiger partial charge on any atom is -0.383 e. The van der Waals surface area contributed by atoms with Crippen molar-refractivity contribution in [2.24, 2.45) is 5.41 Å². The van der Waals surface area contributed by atoms with Gasteiger partial charge in [-0.15, -0.1) is 0 Å². The second-order valence-electron chi connectivity index (χ2n) is 6.40. The SMILES string of the molecule is CCCC1(C(=O)N(CCCN(C)C)CCOC)CCNC1. The molecule has 21 heavy (non-hydrogen) atoms. The highest BCUT2D eigenvalue weighted by molar-refractivity contribution is 5.83. The van der Waals surface area contributed by atoms with Crippen molar-refractivity contribution in [3.8, 4) is 0 Å². The number of carbonyl (C=O) groups excluding carboxylic acids is 1. The molecule has 1 N–H and O–H groups in total. The first-order valence-corrected chi connectivity index (χ1v) is 8.19. The first kappa shape index (κ1) is 18.4. The Labute approximate surface area is 130 Å². The summed E-state index contributed by atoms with van der Waals surface area (Å²) in [6.45, 7) is 7.11. The van der Waals surface area contributed by atoms with E-state index in [2.05, 4.69) is 31.2 Å². The number of nitrogens with zero attached hydrogens (tertiary/aromatic N) is 2. The summed E-state index contributed by atoms with van der Waals surface area (Å²) >= 11 is 0. The zero-order valence-electron chi connectivity index (χ0n) is 14.3. The average Bonchev–Trinajstić information content (AvgIpc) is 2.91. The van der Waals surface area contributed by atoms with Gasteiger partial charge in [0.25, 0.3) is 0 Å². The normalized spacial score (nSPS) is 22.0. The molecule has 1 fully saturated rings. The van der Waals surface area contributed by atoms with Gasteiger partial charge in [0.2, 0.25) is 5.91 Å². The summed E-state index contributed by atoms with van der Waals surface area (Å²) in [6, 6.07) is 0. The molecule has 0 aromatic rings. The summed E-state index contributed by atoms with van der Waals surface area (Å²) in [4.78, 5) is 17.2. The van der Waals surface area contributed by atoms with Crippen molar-refractivity contribution in [3.63, 3.8) is 0 Å². The molecule has 1 saturated heterocycles. The molecular weight excluding hydrogens is 266 g/mol. The lowest BCUT2D eigenvalue weighted by atomic mass is 9.81. The van der Waals surface area contributed by atoms with Crippen LogP contribution in [0.3, 0.4) is 0 Å². The van der Waals surface area contributed by atoms with Crippen LogP contribution in [-0.2, 0) is 9.53 Å². The third kappa shape index (κ3) is 5.57. The van der Waals surface area contributed by atoms with E-state index in [-0.39, 0.29) is 5.41 Å². The van der Waals surface area contributed by atoms with Crippen LogP contribution in [-0.4, -0.2) is 76.2 Å². The largest absolute Gasteiger partial charge is 0.383 e. The molecule has 1 amide bonds. The van der Waals surface area contributed by atoms with Gasteiger partial charge in [0, 0.05) is 26.7 Å². The van der Waals surface area contributed by atoms with E-state index in [1.807, 2.05) is 4.90 Å². The van der Waals surface area contributed by atoms with Crippen LogP contribution in [0.25, 0.3) is 0 Å². The fourth-order valence-corrected chi connectivity index (χ4v) is 3.15. The number of hydrogen-bond acceptors (Lipinski definition) is 4. The fourth-order valence-electron chi connectivity index (χ4n) is 3.15. The van der Waals surface area contributed by atoms with Crippen LogP contribution < -0.4 is 5.32 Å². The number of nitrogens with one attached hydrogen (secondary N) is 1. The lowest BCUT2D eigenvalue weighted by molar-refractivity contribution is -0.142. The molecule has 0 aromatic carbocycles. The molecule has 1 atom stereocenters. The van der Waals surface area contributed by atoms with Crippen LogP contribution in [0.4, 0.5) is 0 Å². The molecule has 0 radical (unpaired) electrons. The molecule has 0 aliphatic carbocycles. The predicted octanol–water partition coefficient (Wildman–Crippen LogP) is 1.19. The lowest BCUT2D eigenvalue weighted by Gasteiger charge is -2.34. The Kier molecular flexibility index (Phi) is 8.22. The van der Waals surface area contributed by atoms with Gasteiger partial charge in [0.1, 0.15) is 0 Å². The van der Waals surface area contributed by atoms with E-state index in [0.717, 1.165) is 51.9 Å². The van der Waals surface area contributed by atoms with Crippen molar-refractivity contribution >= 4 is 5.91 Å². The van der Waals surface area contributed by atoms with Crippen molar-refractivity contribution in [1.29, 1.82) is 0 Å². The molecule has 124 valence electrons. The Morgan fingerprint density at radius 1 is 1.29 bits per heavy atom. The highest BCUT2D eigenvalue weighted by atomic mass is 16.5. The van der Waals surface area contributed by atoms with Gasteiger partial charge in [-0.2, -0.15) is 0 Å². The molecule has 0 spiro atoms. The van der Waals surface area contributed by atoms with Gasteiger partial charge in [-0.05, 0) is 46.4 Å². The number of hydrogen-bond donors (Lipinski definition) is 1. The lowest BCUT2D eigenvalue weighted by Crippen LogP contribution is -2.47. The van der Waals surface area contributed by atoms with Crippen molar-refractivity contribution in [3.05, 3.63) is 0 Å². The van der Waals surface area contributed by atoms with E-state index in [0.29, 0.717) is 19.1 Å². The van der Waals surface area contributed by atoms with Gasteiger partial charge in [0.15, 0.2) is 0 Å². The number of ether oxygens (including phenoxy) is 1. The van der Waals surface area contributed by atoms with Crippen LogP contribution in [0.5, 0.6) is 0 Å². The fraction of sp³-hybridized carbons (Fsp3) is 0.938. The van der Waals surface area contributed by atoms with E-state index in [9.17, 15) is 4.79 Å². The van der Waals surface area contributed by atoms with E-state index < -0.39 is 0 Å². The monoisotopic (exact) mass is 299 g/mol. The minimum absolute atomic E-state index is 0.180. The molecule has 0 saturated carbocycles. The first-order chi connectivity index (χ1) is 10.1. The highest BCUT2D eigenvalue weighted by Crippen LogP contribution is 2.33. The Balaban J connectivity index is 2.67. The Hall–Kier alpha value is -0.650. The highest BCUT2D eigenvalue weighted by Gasteiger charge is 2.42. The summed E-state index contributed by atoms with van der Waals surface area (Å²) in [5, 5.41) is 3.38. The maximum absolute atomic E-state index is 13.1. The third-order valence-corrected chi connectivity index (χ3v) is 4.31. The predicted molar refractivity (Wildman–Crippen MR) is 86.5 cm³/mol. The number of methoxy groups -OCH3 is 1. The van der Waals surface area contributed by atoms with Crippen molar-refractivity contribution in [2.45, 2.75) is 32.6 Å². The van der Waals surface area contributed by atoms with E-state index in [1.165, 1.54) is 0 Å². The van der Waals surface area contributed by atoms with E-state index >= 15 is 0 Å². The Morgan fingerprint density at radius 2 is 2.05 bits per heavy atom. The summed E-state index contributed by atoms with van der Waals surface area (Å²) in [7, 11) is 5.84. The molecule has 1 unspecified atom stereocenters. The van der Waals surface area contributed by atoms with Crippen molar-refractivity contribution < 1.29 is 9.53 Å². The minimum atomic E-state index is -0.180. The average molecular weight is 299 g/mol. The number of rotatable bonds is 10. The molecule has 1 aliphatic heterocycles. The van der Waals surface area contributed by atoms with E-state index in [4.69, 9.17) is 4.74 Å². The van der Waals surface area contributed by atoms with Crippen LogP contribution in [0.15, 0.2) is 0 Å². The molecule has 0 bridgehead atoms. The number of carbonyl (C=O) groups is 1. The molecule has 1 aliphatic rings. The first-order valence-electron chi connectivity index (χ1n) is 8.19. The van der Waals surface area contributed by atoms with E-state index in [1.54, 1.807) is 7.11 Å². The second-order valence-corrected chi connectivity index (χ2v) is 6.40. The molecule has 5 heteroatoms. The van der Waals surface area contributed by atoms with Crippen LogP contribution >= 0.6 is 0 Å². The quantitative estimate of drug-likeness (QED) is 0.658. The molecule has 1 heterocycles. The van der Waals surface area contributed by atoms with Gasteiger partial charge >= 0.3 is 0 Å². The third-order valence-electron chi connectivity index (χ3n) is 4.31. The number of amides is 1. The molecule has 5 nitrogen and oxygen atoms in total. The maximum atomic E-state index is 13.1. The van der Waals surface area contributed by atoms with Gasteiger partial charge in [-0.3, -0.25) is 4.79 Å². The smallest absolute Gasteiger partial charge is 0.230 e. The van der Waals surface area contributed by atoms with Gasteiger partial charge in [-0.25, -0.2) is 0 Å². The molecule has 1 rings (SSSR count). The van der Waals surface area contributed by atoms with Crippen LogP contribution in [0.1, 0.15) is 32.6 Å². The van der Waals surface area contributed by atoms with Gasteiger partial charge in [0.05, 0.1) is 12.0 Å². The summed E-state index contributed by atoms with van der Waals surface area (Å²) in [6.07, 6.45) is 4.02. The second kappa shape index (κ2) is 9.38. The summed E-state index contributed by atoms with van der Waals surface area (Å²) < 4.78 is 5.19. The van der Waals surface area contributed by atoms with Crippen LogP contribution in [0, 0.1) is 5.41 Å². The standard InChI is InChI=1S/C16H33N3O2/c1-5-7-16(8-9-17-14-16)15(20)19(12-13-21-4)11-6-10-18(2)3/h17H,5-14H2,1-4H3. The molecule has 0 aromatic heterocycles. The zero-order valence-corrected chi connectivity index (χ0v) is 14.3. The summed E-state index contributed by atoms with van der Waals surface area (Å²) in [5.74, 6) is 0.324. The Morgan fingerprint density at radius 3 is 2.57 bits per heavy atom. The topological polar surface area (TPSA) is 44.8 Å².